The van der Waals surface area contributed by atoms with Gasteiger partial charge in [-0.05, 0) is 5.92 Å². The van der Waals surface area contributed by atoms with Crippen molar-refractivity contribution in [1.82, 2.24) is 4.98 Å². The molecule has 0 amide bonds. The molecule has 16 heavy (non-hydrogen) atoms. The summed E-state index contributed by atoms with van der Waals surface area (Å²) in [4.78, 5) is 16.8. The van der Waals surface area contributed by atoms with E-state index in [1.807, 2.05) is 13.8 Å². The summed E-state index contributed by atoms with van der Waals surface area (Å²) in [6.07, 6.45) is 1.89. The zero-order valence-electron chi connectivity index (χ0n) is 9.43. The predicted molar refractivity (Wildman–Crippen MR) is 60.5 cm³/mol. The normalized spacial score (nSPS) is 17.2. The molecule has 0 saturated carbocycles. The SMILES string of the molecule is CC(C)CC(=O)c1ncc(C2OCCO2)s1. The standard InChI is InChI=1S/C11H15NO3S/c1-7(2)5-8(13)10-12-6-9(16-10)11-14-3-4-15-11/h6-7,11H,3-5H2,1-2H3. The highest BCUT2D eigenvalue weighted by atomic mass is 32.1. The van der Waals surface area contributed by atoms with Gasteiger partial charge in [0.25, 0.3) is 0 Å². The van der Waals surface area contributed by atoms with Crippen LogP contribution in [0.5, 0.6) is 0 Å². The van der Waals surface area contributed by atoms with Gasteiger partial charge in [0.05, 0.1) is 18.1 Å². The van der Waals surface area contributed by atoms with Crippen LogP contribution < -0.4 is 0 Å². The van der Waals surface area contributed by atoms with Crippen LogP contribution in [0.2, 0.25) is 0 Å². The van der Waals surface area contributed by atoms with Crippen LogP contribution in [-0.4, -0.2) is 24.0 Å². The smallest absolute Gasteiger partial charge is 0.194 e. The molecule has 0 aliphatic carbocycles. The second-order valence-corrected chi connectivity index (χ2v) is 5.22. The second kappa shape index (κ2) is 5.03. The molecule has 1 aliphatic heterocycles. The van der Waals surface area contributed by atoms with Gasteiger partial charge in [-0.2, -0.15) is 0 Å². The topological polar surface area (TPSA) is 48.4 Å². The molecule has 2 heterocycles. The zero-order valence-corrected chi connectivity index (χ0v) is 10.3. The molecule has 0 spiro atoms. The number of carbonyl (C=O) groups excluding carboxylic acids is 1. The number of carbonyl (C=O) groups is 1. The number of nitrogens with zero attached hydrogens (tertiary/aromatic N) is 1. The van der Waals surface area contributed by atoms with Crippen molar-refractivity contribution in [2.45, 2.75) is 26.6 Å². The van der Waals surface area contributed by atoms with Crippen molar-refractivity contribution in [3.05, 3.63) is 16.1 Å². The fourth-order valence-electron chi connectivity index (χ4n) is 1.51. The average molecular weight is 241 g/mol. The van der Waals surface area contributed by atoms with Crippen molar-refractivity contribution in [2.24, 2.45) is 5.92 Å². The fraction of sp³-hybridized carbons (Fsp3) is 0.636. The molecule has 0 N–H and O–H groups in total. The number of thiazole rings is 1. The van der Waals surface area contributed by atoms with Crippen molar-refractivity contribution < 1.29 is 14.3 Å². The van der Waals surface area contributed by atoms with Gasteiger partial charge in [0.15, 0.2) is 17.1 Å². The molecular weight excluding hydrogens is 226 g/mol. The highest BCUT2D eigenvalue weighted by molar-refractivity contribution is 7.13. The lowest BCUT2D eigenvalue weighted by molar-refractivity contribution is -0.0414. The maximum atomic E-state index is 11.7. The molecule has 0 atom stereocenters. The van der Waals surface area contributed by atoms with Crippen molar-refractivity contribution >= 4 is 17.1 Å². The van der Waals surface area contributed by atoms with E-state index >= 15 is 0 Å². The van der Waals surface area contributed by atoms with Gasteiger partial charge in [-0.15, -0.1) is 11.3 Å². The minimum Gasteiger partial charge on any atom is -0.345 e. The predicted octanol–water partition coefficient (Wildman–Crippen LogP) is 2.42. The molecule has 0 bridgehead atoms. The average Bonchev–Trinajstić information content (AvgIpc) is 2.87. The first kappa shape index (κ1) is 11.7. The van der Waals surface area contributed by atoms with E-state index in [0.717, 1.165) is 4.88 Å². The summed E-state index contributed by atoms with van der Waals surface area (Å²) in [5, 5.41) is 0.558. The van der Waals surface area contributed by atoms with E-state index in [0.29, 0.717) is 30.6 Å². The van der Waals surface area contributed by atoms with Gasteiger partial charge in [-0.1, -0.05) is 13.8 Å². The monoisotopic (exact) mass is 241 g/mol. The van der Waals surface area contributed by atoms with E-state index in [4.69, 9.17) is 9.47 Å². The first-order chi connectivity index (χ1) is 7.66. The van der Waals surface area contributed by atoms with Crippen LogP contribution in [0.1, 0.15) is 41.2 Å². The molecule has 0 aromatic carbocycles. The third-order valence-electron chi connectivity index (χ3n) is 2.21. The Kier molecular flexibility index (Phi) is 3.68. The molecule has 1 fully saturated rings. The van der Waals surface area contributed by atoms with Crippen molar-refractivity contribution in [3.8, 4) is 0 Å². The Hall–Kier alpha value is -0.780. The first-order valence-corrected chi connectivity index (χ1v) is 6.20. The Morgan fingerprint density at radius 1 is 1.56 bits per heavy atom. The van der Waals surface area contributed by atoms with E-state index in [-0.39, 0.29) is 12.1 Å². The van der Waals surface area contributed by atoms with Crippen LogP contribution in [0, 0.1) is 5.92 Å². The van der Waals surface area contributed by atoms with Gasteiger partial charge in [-0.3, -0.25) is 4.79 Å². The number of ketones is 1. The van der Waals surface area contributed by atoms with E-state index in [1.165, 1.54) is 11.3 Å². The van der Waals surface area contributed by atoms with Gasteiger partial charge in [0, 0.05) is 12.6 Å². The molecule has 0 unspecified atom stereocenters. The Balaban J connectivity index is 2.03. The largest absolute Gasteiger partial charge is 0.345 e. The summed E-state index contributed by atoms with van der Waals surface area (Å²) in [5.41, 5.74) is 0. The molecule has 1 saturated heterocycles. The molecule has 4 nitrogen and oxygen atoms in total. The Morgan fingerprint density at radius 3 is 2.88 bits per heavy atom. The maximum absolute atomic E-state index is 11.7. The van der Waals surface area contributed by atoms with Crippen LogP contribution >= 0.6 is 11.3 Å². The fourth-order valence-corrected chi connectivity index (χ4v) is 2.37. The molecule has 1 aliphatic rings. The first-order valence-electron chi connectivity index (χ1n) is 5.39. The lowest BCUT2D eigenvalue weighted by Crippen LogP contribution is -2.02. The summed E-state index contributed by atoms with van der Waals surface area (Å²) in [6.45, 7) is 5.26. The minimum atomic E-state index is -0.321. The van der Waals surface area contributed by atoms with Crippen LogP contribution in [-0.2, 0) is 9.47 Å². The highest BCUT2D eigenvalue weighted by Crippen LogP contribution is 2.28. The quantitative estimate of drug-likeness (QED) is 0.759. The second-order valence-electron chi connectivity index (χ2n) is 4.16. The van der Waals surface area contributed by atoms with E-state index in [2.05, 4.69) is 4.98 Å². The minimum absolute atomic E-state index is 0.101. The number of rotatable bonds is 4. The Labute approximate surface area is 98.6 Å². The highest BCUT2D eigenvalue weighted by Gasteiger charge is 2.22. The van der Waals surface area contributed by atoms with Gasteiger partial charge >= 0.3 is 0 Å². The maximum Gasteiger partial charge on any atom is 0.194 e. The van der Waals surface area contributed by atoms with Crippen LogP contribution in [0.15, 0.2) is 6.20 Å². The van der Waals surface area contributed by atoms with Gasteiger partial charge in [-0.25, -0.2) is 4.98 Å². The van der Waals surface area contributed by atoms with Crippen molar-refractivity contribution in [3.63, 3.8) is 0 Å². The number of hydrogen-bond donors (Lipinski definition) is 0. The molecule has 1 aromatic rings. The number of ether oxygens (including phenoxy) is 2. The molecule has 1 aromatic heterocycles. The lowest BCUT2D eigenvalue weighted by Gasteiger charge is -2.03. The zero-order chi connectivity index (χ0) is 11.5. The summed E-state index contributed by atoms with van der Waals surface area (Å²) in [6, 6.07) is 0. The van der Waals surface area contributed by atoms with Gasteiger partial charge < -0.3 is 9.47 Å². The molecule has 5 heteroatoms. The lowest BCUT2D eigenvalue weighted by atomic mass is 10.1. The number of aromatic nitrogens is 1. The van der Waals surface area contributed by atoms with E-state index in [1.54, 1.807) is 6.20 Å². The summed E-state index contributed by atoms with van der Waals surface area (Å²) in [5.74, 6) is 0.461. The summed E-state index contributed by atoms with van der Waals surface area (Å²) in [7, 11) is 0. The van der Waals surface area contributed by atoms with Crippen molar-refractivity contribution in [1.29, 1.82) is 0 Å². The van der Waals surface area contributed by atoms with E-state index in [9.17, 15) is 4.79 Å². The molecule has 88 valence electrons. The van der Waals surface area contributed by atoms with Gasteiger partial charge in [0.2, 0.25) is 0 Å². The van der Waals surface area contributed by atoms with Crippen molar-refractivity contribution in [2.75, 3.05) is 13.2 Å². The molecular formula is C11H15NO3S. The van der Waals surface area contributed by atoms with Crippen LogP contribution in [0.3, 0.4) is 0 Å². The number of Topliss-reactive ketones (excluding diaryl/α,β-unsaturated/α-hetero) is 1. The summed E-state index contributed by atoms with van der Waals surface area (Å²) >= 11 is 1.37. The summed E-state index contributed by atoms with van der Waals surface area (Å²) < 4.78 is 10.7. The third kappa shape index (κ3) is 2.66. The van der Waals surface area contributed by atoms with Crippen LogP contribution in [0.25, 0.3) is 0 Å². The van der Waals surface area contributed by atoms with E-state index < -0.39 is 0 Å². The Morgan fingerprint density at radius 2 is 2.25 bits per heavy atom. The van der Waals surface area contributed by atoms with Crippen LogP contribution in [0.4, 0.5) is 0 Å². The Bertz CT molecular complexity index is 369. The molecule has 2 rings (SSSR count). The number of hydrogen-bond acceptors (Lipinski definition) is 5. The van der Waals surface area contributed by atoms with Gasteiger partial charge in [0.1, 0.15) is 0 Å². The third-order valence-corrected chi connectivity index (χ3v) is 3.27. The molecule has 0 radical (unpaired) electrons.